The van der Waals surface area contributed by atoms with Gasteiger partial charge in [0.05, 0.1) is 19.3 Å². The van der Waals surface area contributed by atoms with Crippen molar-refractivity contribution < 1.29 is 14.3 Å². The zero-order valence-corrected chi connectivity index (χ0v) is 13.6. The summed E-state index contributed by atoms with van der Waals surface area (Å²) in [6.07, 6.45) is 1.66. The smallest absolute Gasteiger partial charge is 0.340 e. The number of hydrogen-bond acceptors (Lipinski definition) is 4. The van der Waals surface area contributed by atoms with E-state index in [1.165, 1.54) is 5.56 Å². The van der Waals surface area contributed by atoms with Gasteiger partial charge >= 0.3 is 5.97 Å². The summed E-state index contributed by atoms with van der Waals surface area (Å²) in [6.45, 7) is 4.14. The molecule has 0 bridgehead atoms. The third-order valence-electron chi connectivity index (χ3n) is 3.31. The Morgan fingerprint density at radius 3 is 2.57 bits per heavy atom. The maximum Gasteiger partial charge on any atom is 0.340 e. The molecule has 4 nitrogen and oxygen atoms in total. The predicted molar refractivity (Wildman–Crippen MR) is 92.4 cm³/mol. The maximum absolute atomic E-state index is 12.2. The highest BCUT2D eigenvalue weighted by molar-refractivity contribution is 6.16. The molecule has 0 amide bonds. The van der Waals surface area contributed by atoms with Gasteiger partial charge in [0, 0.05) is 11.9 Å². The number of rotatable bonds is 6. The monoisotopic (exact) mass is 311 g/mol. The molecule has 0 unspecified atom stereocenters. The number of nitrogens with one attached hydrogen (secondary N) is 1. The number of esters is 1. The molecule has 0 aliphatic rings. The van der Waals surface area contributed by atoms with Crippen LogP contribution in [0.1, 0.15) is 18.1 Å². The first-order valence-electron chi connectivity index (χ1n) is 7.49. The molecule has 0 aliphatic heterocycles. The van der Waals surface area contributed by atoms with Gasteiger partial charge < -0.3 is 14.8 Å². The number of anilines is 1. The Kier molecular flexibility index (Phi) is 5.80. The van der Waals surface area contributed by atoms with Crippen LogP contribution >= 0.6 is 0 Å². The van der Waals surface area contributed by atoms with E-state index in [2.05, 4.69) is 5.32 Å². The summed E-state index contributed by atoms with van der Waals surface area (Å²) in [5.74, 6) is 0.313. The molecular weight excluding hydrogens is 290 g/mol. The minimum Gasteiger partial charge on any atom is -0.497 e. The van der Waals surface area contributed by atoms with Crippen molar-refractivity contribution in [1.82, 2.24) is 0 Å². The van der Waals surface area contributed by atoms with Gasteiger partial charge in [0.15, 0.2) is 0 Å². The molecule has 0 atom stereocenters. The molecular formula is C19H21NO3. The van der Waals surface area contributed by atoms with E-state index in [0.717, 1.165) is 11.3 Å². The largest absolute Gasteiger partial charge is 0.497 e. The quantitative estimate of drug-likeness (QED) is 0.646. The zero-order chi connectivity index (χ0) is 16.7. The Labute approximate surface area is 136 Å². The fourth-order valence-electron chi connectivity index (χ4n) is 2.06. The average Bonchev–Trinajstić information content (AvgIpc) is 2.57. The summed E-state index contributed by atoms with van der Waals surface area (Å²) in [6, 6.07) is 15.3. The van der Waals surface area contributed by atoms with Crippen LogP contribution in [0.5, 0.6) is 5.75 Å². The van der Waals surface area contributed by atoms with Gasteiger partial charge in [0.1, 0.15) is 5.75 Å². The second-order valence-electron chi connectivity index (χ2n) is 5.02. The van der Waals surface area contributed by atoms with E-state index < -0.39 is 0 Å². The van der Waals surface area contributed by atoms with Gasteiger partial charge in [-0.1, -0.05) is 29.8 Å². The van der Waals surface area contributed by atoms with Gasteiger partial charge in [-0.3, -0.25) is 0 Å². The first kappa shape index (κ1) is 16.6. The molecule has 0 fully saturated rings. The second-order valence-corrected chi connectivity index (χ2v) is 5.02. The van der Waals surface area contributed by atoms with E-state index in [0.29, 0.717) is 17.9 Å². The fraction of sp³-hybridized carbons (Fsp3) is 0.211. The van der Waals surface area contributed by atoms with Crippen LogP contribution in [0.25, 0.3) is 5.57 Å². The lowest BCUT2D eigenvalue weighted by molar-refractivity contribution is -0.136. The number of aryl methyl sites for hydroxylation is 1. The van der Waals surface area contributed by atoms with Crippen molar-refractivity contribution in [1.29, 1.82) is 0 Å². The summed E-state index contributed by atoms with van der Waals surface area (Å²) in [7, 11) is 1.59. The molecule has 0 saturated heterocycles. The molecule has 23 heavy (non-hydrogen) atoms. The minimum atomic E-state index is -0.375. The molecule has 4 heteroatoms. The van der Waals surface area contributed by atoms with Crippen molar-refractivity contribution in [3.8, 4) is 5.75 Å². The van der Waals surface area contributed by atoms with E-state index >= 15 is 0 Å². The van der Waals surface area contributed by atoms with Crippen LogP contribution in [0.4, 0.5) is 5.69 Å². The number of carbonyl (C=O) groups is 1. The lowest BCUT2D eigenvalue weighted by atomic mass is 10.1. The Bertz CT molecular complexity index is 690. The molecule has 0 aromatic heterocycles. The molecule has 0 radical (unpaired) electrons. The number of methoxy groups -OCH3 is 1. The molecule has 0 heterocycles. The van der Waals surface area contributed by atoms with Gasteiger partial charge in [-0.15, -0.1) is 0 Å². The second kappa shape index (κ2) is 8.03. The highest BCUT2D eigenvalue weighted by atomic mass is 16.5. The zero-order valence-electron chi connectivity index (χ0n) is 13.6. The molecule has 120 valence electrons. The molecule has 0 saturated carbocycles. The highest BCUT2D eigenvalue weighted by Gasteiger charge is 2.14. The van der Waals surface area contributed by atoms with Crippen LogP contribution in [0.3, 0.4) is 0 Å². The van der Waals surface area contributed by atoms with Crippen molar-refractivity contribution in [3.05, 3.63) is 65.9 Å². The van der Waals surface area contributed by atoms with Crippen molar-refractivity contribution in [3.63, 3.8) is 0 Å². The SMILES string of the molecule is CCOC(=O)/C(=C/Nc1ccc(C)cc1)c1cccc(OC)c1. The summed E-state index contributed by atoms with van der Waals surface area (Å²) >= 11 is 0. The van der Waals surface area contributed by atoms with Gasteiger partial charge in [0.25, 0.3) is 0 Å². The van der Waals surface area contributed by atoms with Crippen LogP contribution < -0.4 is 10.1 Å². The van der Waals surface area contributed by atoms with E-state index in [4.69, 9.17) is 9.47 Å². The first-order valence-corrected chi connectivity index (χ1v) is 7.49. The molecule has 0 aliphatic carbocycles. The number of hydrogen-bond donors (Lipinski definition) is 1. The Balaban J connectivity index is 2.30. The summed E-state index contributed by atoms with van der Waals surface area (Å²) < 4.78 is 10.4. The topological polar surface area (TPSA) is 47.6 Å². The first-order chi connectivity index (χ1) is 11.1. The Morgan fingerprint density at radius 1 is 1.17 bits per heavy atom. The van der Waals surface area contributed by atoms with Crippen LogP contribution in [0, 0.1) is 6.92 Å². The van der Waals surface area contributed by atoms with Crippen LogP contribution in [-0.2, 0) is 9.53 Å². The lowest BCUT2D eigenvalue weighted by Crippen LogP contribution is -2.08. The number of ether oxygens (including phenoxy) is 2. The van der Waals surface area contributed by atoms with Gasteiger partial charge in [-0.05, 0) is 43.7 Å². The van der Waals surface area contributed by atoms with Crippen LogP contribution in [0.2, 0.25) is 0 Å². The number of carbonyl (C=O) groups excluding carboxylic acids is 1. The average molecular weight is 311 g/mol. The van der Waals surface area contributed by atoms with Crippen molar-refractivity contribution in [2.45, 2.75) is 13.8 Å². The van der Waals surface area contributed by atoms with Crippen molar-refractivity contribution in [2.75, 3.05) is 19.0 Å². The highest BCUT2D eigenvalue weighted by Crippen LogP contribution is 2.22. The molecule has 1 N–H and O–H groups in total. The Hall–Kier alpha value is -2.75. The summed E-state index contributed by atoms with van der Waals surface area (Å²) in [5.41, 5.74) is 3.27. The van der Waals surface area contributed by atoms with Crippen molar-refractivity contribution in [2.24, 2.45) is 0 Å². The van der Waals surface area contributed by atoms with Gasteiger partial charge in [-0.2, -0.15) is 0 Å². The Morgan fingerprint density at radius 2 is 1.91 bits per heavy atom. The standard InChI is InChI=1S/C19H21NO3/c1-4-23-19(21)18(15-6-5-7-17(12-15)22-3)13-20-16-10-8-14(2)9-11-16/h5-13,20H,4H2,1-3H3/b18-13+. The molecule has 2 rings (SSSR count). The molecule has 0 spiro atoms. The van der Waals surface area contributed by atoms with E-state index in [1.54, 1.807) is 26.3 Å². The maximum atomic E-state index is 12.2. The van der Waals surface area contributed by atoms with Crippen LogP contribution in [0.15, 0.2) is 54.7 Å². The third kappa shape index (κ3) is 4.61. The minimum absolute atomic E-state index is 0.324. The molecule has 2 aromatic rings. The lowest BCUT2D eigenvalue weighted by Gasteiger charge is -2.10. The van der Waals surface area contributed by atoms with Crippen molar-refractivity contribution >= 4 is 17.2 Å². The van der Waals surface area contributed by atoms with Gasteiger partial charge in [-0.25, -0.2) is 4.79 Å². The third-order valence-corrected chi connectivity index (χ3v) is 3.31. The summed E-state index contributed by atoms with van der Waals surface area (Å²) in [5, 5.41) is 3.14. The predicted octanol–water partition coefficient (Wildman–Crippen LogP) is 4.02. The van der Waals surface area contributed by atoms with Crippen LogP contribution in [-0.4, -0.2) is 19.7 Å². The van der Waals surface area contributed by atoms with E-state index in [-0.39, 0.29) is 5.97 Å². The fourth-order valence-corrected chi connectivity index (χ4v) is 2.06. The van der Waals surface area contributed by atoms with E-state index in [9.17, 15) is 4.79 Å². The molecule has 2 aromatic carbocycles. The van der Waals surface area contributed by atoms with Gasteiger partial charge in [0.2, 0.25) is 0 Å². The summed E-state index contributed by atoms with van der Waals surface area (Å²) in [4.78, 5) is 12.2. The number of benzene rings is 2. The van der Waals surface area contributed by atoms with E-state index in [1.807, 2.05) is 49.4 Å². The normalized spacial score (nSPS) is 11.0.